The molecular weight excluding hydrogens is 94.1 g/mol. The Labute approximate surface area is 41.3 Å². The van der Waals surface area contributed by atoms with Gasteiger partial charge in [-0.15, -0.1) is 0 Å². The van der Waals surface area contributed by atoms with E-state index in [1.54, 1.807) is 0 Å². The van der Waals surface area contributed by atoms with E-state index in [4.69, 9.17) is 5.11 Å². The fourth-order valence-electron chi connectivity index (χ4n) is 0.427. The molecule has 4 heteroatoms. The molecule has 0 aromatic rings. The number of hydrogen-bond acceptors (Lipinski definition) is 4. The van der Waals surface area contributed by atoms with Crippen molar-refractivity contribution in [2.24, 2.45) is 10.2 Å². The molecule has 0 saturated heterocycles. The second-order valence-electron chi connectivity index (χ2n) is 1.32. The van der Waals surface area contributed by atoms with E-state index < -0.39 is 0 Å². The van der Waals surface area contributed by atoms with Crippen molar-refractivity contribution in [3.8, 4) is 0 Å². The van der Waals surface area contributed by atoms with E-state index in [1.165, 1.54) is 0 Å². The predicted octanol–water partition coefficient (Wildman–Crippen LogP) is -0.682. The molecule has 0 amide bonds. The highest BCUT2D eigenvalue weighted by Crippen LogP contribution is 1.91. The van der Waals surface area contributed by atoms with Gasteiger partial charge in [0, 0.05) is 0 Å². The molecule has 40 valence electrons. The van der Waals surface area contributed by atoms with E-state index in [9.17, 15) is 0 Å². The van der Waals surface area contributed by atoms with Crippen LogP contribution in [0.15, 0.2) is 10.2 Å². The van der Waals surface area contributed by atoms with Crippen molar-refractivity contribution in [2.75, 3.05) is 13.3 Å². The van der Waals surface area contributed by atoms with Crippen molar-refractivity contribution in [3.05, 3.63) is 0 Å². The summed E-state index contributed by atoms with van der Waals surface area (Å²) in [5.74, 6) is 0. The number of nitrogens with zero attached hydrogens (tertiary/aromatic N) is 2. The second-order valence-corrected chi connectivity index (χ2v) is 1.32. The Morgan fingerprint density at radius 1 is 1.86 bits per heavy atom. The molecule has 0 aliphatic carbocycles. The first kappa shape index (κ1) is 4.67. The molecule has 0 fully saturated rings. The SMILES string of the molecule is OCC1N=NCN1. The number of rotatable bonds is 1. The van der Waals surface area contributed by atoms with Gasteiger partial charge >= 0.3 is 0 Å². The Balaban J connectivity index is 2.28. The minimum atomic E-state index is -0.139. The summed E-state index contributed by atoms with van der Waals surface area (Å²) in [4.78, 5) is 0. The Morgan fingerprint density at radius 3 is 3.00 bits per heavy atom. The van der Waals surface area contributed by atoms with Gasteiger partial charge in [0.05, 0.1) is 6.61 Å². The van der Waals surface area contributed by atoms with Crippen LogP contribution in [0.3, 0.4) is 0 Å². The topological polar surface area (TPSA) is 57.0 Å². The summed E-state index contributed by atoms with van der Waals surface area (Å²) in [6.07, 6.45) is -0.139. The van der Waals surface area contributed by atoms with E-state index in [1.807, 2.05) is 0 Å². The monoisotopic (exact) mass is 101 g/mol. The third kappa shape index (κ3) is 0.942. The minimum absolute atomic E-state index is 0.0451. The van der Waals surface area contributed by atoms with Gasteiger partial charge in [-0.25, -0.2) is 0 Å². The summed E-state index contributed by atoms with van der Waals surface area (Å²) in [6.45, 7) is 0.592. The van der Waals surface area contributed by atoms with Gasteiger partial charge in [-0.3, -0.25) is 5.32 Å². The van der Waals surface area contributed by atoms with E-state index >= 15 is 0 Å². The molecule has 1 atom stereocenters. The van der Waals surface area contributed by atoms with Crippen molar-refractivity contribution in [2.45, 2.75) is 6.17 Å². The molecule has 0 spiro atoms. The maximum absolute atomic E-state index is 8.35. The van der Waals surface area contributed by atoms with E-state index in [0.717, 1.165) is 0 Å². The van der Waals surface area contributed by atoms with Gasteiger partial charge in [0.25, 0.3) is 0 Å². The largest absolute Gasteiger partial charge is 0.393 e. The van der Waals surface area contributed by atoms with Crippen molar-refractivity contribution in [3.63, 3.8) is 0 Å². The Hall–Kier alpha value is -0.480. The molecule has 0 radical (unpaired) electrons. The van der Waals surface area contributed by atoms with Crippen molar-refractivity contribution in [1.82, 2.24) is 5.32 Å². The average molecular weight is 101 g/mol. The Bertz CT molecular complexity index is 82.2. The molecule has 1 aliphatic heterocycles. The van der Waals surface area contributed by atoms with Crippen LogP contribution < -0.4 is 5.32 Å². The normalized spacial score (nSPS) is 29.0. The van der Waals surface area contributed by atoms with E-state index in [-0.39, 0.29) is 12.8 Å². The first-order valence-corrected chi connectivity index (χ1v) is 2.14. The van der Waals surface area contributed by atoms with E-state index in [0.29, 0.717) is 6.67 Å². The second kappa shape index (κ2) is 1.99. The summed E-state index contributed by atoms with van der Waals surface area (Å²) in [5, 5.41) is 18.4. The Morgan fingerprint density at radius 2 is 2.71 bits per heavy atom. The Kier molecular flexibility index (Phi) is 1.33. The highest BCUT2D eigenvalue weighted by Gasteiger charge is 2.06. The van der Waals surface area contributed by atoms with Gasteiger partial charge in [-0.2, -0.15) is 10.2 Å². The molecule has 0 bridgehead atoms. The molecule has 1 unspecified atom stereocenters. The minimum Gasteiger partial charge on any atom is -0.393 e. The lowest BCUT2D eigenvalue weighted by atomic mass is 10.6. The molecule has 1 aliphatic rings. The summed E-state index contributed by atoms with van der Waals surface area (Å²) in [7, 11) is 0. The lowest BCUT2D eigenvalue weighted by Gasteiger charge is -1.96. The van der Waals surface area contributed by atoms with Gasteiger partial charge in [0.15, 0.2) is 0 Å². The van der Waals surface area contributed by atoms with Crippen LogP contribution in [0.5, 0.6) is 0 Å². The molecule has 0 aromatic heterocycles. The fourth-order valence-corrected chi connectivity index (χ4v) is 0.427. The summed E-state index contributed by atoms with van der Waals surface area (Å²) >= 11 is 0. The zero-order valence-corrected chi connectivity index (χ0v) is 3.83. The van der Waals surface area contributed by atoms with Crippen LogP contribution in [0.1, 0.15) is 0 Å². The maximum Gasteiger partial charge on any atom is 0.145 e. The van der Waals surface area contributed by atoms with Gasteiger partial charge < -0.3 is 5.11 Å². The number of aliphatic hydroxyl groups excluding tert-OH is 1. The molecule has 1 rings (SSSR count). The van der Waals surface area contributed by atoms with Gasteiger partial charge in [0.1, 0.15) is 12.8 Å². The van der Waals surface area contributed by atoms with E-state index in [2.05, 4.69) is 15.5 Å². The first-order chi connectivity index (χ1) is 3.43. The third-order valence-corrected chi connectivity index (χ3v) is 0.792. The van der Waals surface area contributed by atoms with Crippen LogP contribution in [-0.4, -0.2) is 24.5 Å². The van der Waals surface area contributed by atoms with Crippen LogP contribution in [-0.2, 0) is 0 Å². The van der Waals surface area contributed by atoms with Gasteiger partial charge in [-0.1, -0.05) is 0 Å². The standard InChI is InChI=1S/C3H7N3O/c7-1-3-4-2-5-6-3/h3-4,7H,1-2H2. The summed E-state index contributed by atoms with van der Waals surface area (Å²) in [5.41, 5.74) is 0. The molecule has 0 saturated carbocycles. The highest BCUT2D eigenvalue weighted by molar-refractivity contribution is 4.62. The molecule has 1 heterocycles. The van der Waals surface area contributed by atoms with Crippen LogP contribution in [0, 0.1) is 0 Å². The molecule has 2 N–H and O–H groups in total. The van der Waals surface area contributed by atoms with Crippen molar-refractivity contribution < 1.29 is 5.11 Å². The lowest BCUT2D eigenvalue weighted by Crippen LogP contribution is -2.24. The maximum atomic E-state index is 8.35. The predicted molar refractivity (Wildman–Crippen MR) is 23.7 cm³/mol. The zero-order valence-electron chi connectivity index (χ0n) is 3.83. The smallest absolute Gasteiger partial charge is 0.145 e. The van der Waals surface area contributed by atoms with Crippen molar-refractivity contribution in [1.29, 1.82) is 0 Å². The van der Waals surface area contributed by atoms with Crippen LogP contribution in [0.4, 0.5) is 0 Å². The molecule has 7 heavy (non-hydrogen) atoms. The number of nitrogens with one attached hydrogen (secondary N) is 1. The third-order valence-electron chi connectivity index (χ3n) is 0.792. The number of hydrogen-bond donors (Lipinski definition) is 2. The van der Waals surface area contributed by atoms with Gasteiger partial charge in [-0.05, 0) is 0 Å². The molecular formula is C3H7N3O. The van der Waals surface area contributed by atoms with Crippen LogP contribution in [0.25, 0.3) is 0 Å². The highest BCUT2D eigenvalue weighted by atomic mass is 16.3. The number of azo groups is 1. The first-order valence-electron chi connectivity index (χ1n) is 2.14. The zero-order chi connectivity index (χ0) is 5.11. The summed E-state index contributed by atoms with van der Waals surface area (Å²) < 4.78 is 0. The van der Waals surface area contributed by atoms with Crippen LogP contribution in [0.2, 0.25) is 0 Å². The van der Waals surface area contributed by atoms with Gasteiger partial charge in [0.2, 0.25) is 0 Å². The van der Waals surface area contributed by atoms with Crippen molar-refractivity contribution >= 4 is 0 Å². The molecule has 4 nitrogen and oxygen atoms in total. The fraction of sp³-hybridized carbons (Fsp3) is 1.00. The van der Waals surface area contributed by atoms with Crippen LogP contribution >= 0.6 is 0 Å². The quantitative estimate of drug-likeness (QED) is 0.459. The lowest BCUT2D eigenvalue weighted by molar-refractivity contribution is 0.256. The average Bonchev–Trinajstić information content (AvgIpc) is 2.14. The molecule has 0 aromatic carbocycles. The summed E-state index contributed by atoms with van der Waals surface area (Å²) in [6, 6.07) is 0. The number of aliphatic hydroxyl groups is 1.